The molecule has 2 rings (SSSR count). The van der Waals surface area contributed by atoms with Gasteiger partial charge in [-0.05, 0) is 31.2 Å². The number of ether oxygens (including phenoxy) is 1. The molecule has 1 saturated heterocycles. The van der Waals surface area contributed by atoms with E-state index in [9.17, 15) is 0 Å². The zero-order valence-electron chi connectivity index (χ0n) is 11.3. The van der Waals surface area contributed by atoms with E-state index >= 15 is 0 Å². The lowest BCUT2D eigenvalue weighted by molar-refractivity contribution is 0.131. The summed E-state index contributed by atoms with van der Waals surface area (Å²) in [7, 11) is 2.15. The predicted octanol–water partition coefficient (Wildman–Crippen LogP) is 0.920. The Hall–Kier alpha value is -0.970. The maximum Gasteiger partial charge on any atom is 0.0624 e. The highest BCUT2D eigenvalue weighted by Crippen LogP contribution is 2.27. The number of rotatable bonds is 5. The summed E-state index contributed by atoms with van der Waals surface area (Å²) in [5, 5.41) is 0. The number of aromatic nitrogens is 1. The molecule has 1 aliphatic rings. The molecule has 0 bridgehead atoms. The van der Waals surface area contributed by atoms with Crippen LogP contribution in [0.5, 0.6) is 0 Å². The molecule has 0 aliphatic carbocycles. The fourth-order valence-electron chi connectivity index (χ4n) is 2.46. The average molecular weight is 249 g/mol. The molecule has 1 aromatic rings. The van der Waals surface area contributed by atoms with E-state index in [-0.39, 0.29) is 11.5 Å². The molecule has 0 amide bonds. The van der Waals surface area contributed by atoms with Crippen molar-refractivity contribution in [2.24, 2.45) is 11.1 Å². The van der Waals surface area contributed by atoms with Gasteiger partial charge in [-0.25, -0.2) is 0 Å². The van der Waals surface area contributed by atoms with Crippen molar-refractivity contribution in [1.82, 2.24) is 9.88 Å². The summed E-state index contributed by atoms with van der Waals surface area (Å²) in [5.74, 6) is 0. The smallest absolute Gasteiger partial charge is 0.0624 e. The second kappa shape index (κ2) is 5.78. The molecule has 0 radical (unpaired) electrons. The van der Waals surface area contributed by atoms with Crippen LogP contribution in [0.25, 0.3) is 0 Å². The Bertz CT molecular complexity index is 371. The van der Waals surface area contributed by atoms with Crippen molar-refractivity contribution in [3.8, 4) is 0 Å². The van der Waals surface area contributed by atoms with Gasteiger partial charge in [0, 0.05) is 36.9 Å². The zero-order valence-corrected chi connectivity index (χ0v) is 11.3. The number of nitrogens with zero attached hydrogens (tertiary/aromatic N) is 2. The molecule has 2 unspecified atom stereocenters. The Morgan fingerprint density at radius 2 is 2.22 bits per heavy atom. The SMILES string of the molecule is CN(CCc1ccncc1)CC1(C)COCC1N. The first-order chi connectivity index (χ1) is 8.60. The molecular weight excluding hydrogens is 226 g/mol. The summed E-state index contributed by atoms with van der Waals surface area (Å²) in [4.78, 5) is 6.37. The fourth-order valence-corrected chi connectivity index (χ4v) is 2.46. The first kappa shape index (κ1) is 13.5. The molecule has 100 valence electrons. The van der Waals surface area contributed by atoms with Gasteiger partial charge in [-0.3, -0.25) is 4.98 Å². The van der Waals surface area contributed by atoms with Crippen LogP contribution < -0.4 is 5.73 Å². The van der Waals surface area contributed by atoms with Crippen LogP contribution in [0.3, 0.4) is 0 Å². The first-order valence-corrected chi connectivity index (χ1v) is 6.51. The zero-order chi connectivity index (χ0) is 13.0. The van der Waals surface area contributed by atoms with Crippen LogP contribution in [0, 0.1) is 5.41 Å². The molecule has 1 aliphatic heterocycles. The van der Waals surface area contributed by atoms with Crippen molar-refractivity contribution < 1.29 is 4.74 Å². The topological polar surface area (TPSA) is 51.4 Å². The van der Waals surface area contributed by atoms with Gasteiger partial charge >= 0.3 is 0 Å². The Labute approximate surface area is 109 Å². The van der Waals surface area contributed by atoms with Crippen molar-refractivity contribution in [3.05, 3.63) is 30.1 Å². The Morgan fingerprint density at radius 1 is 1.50 bits per heavy atom. The van der Waals surface area contributed by atoms with Gasteiger partial charge in [0.25, 0.3) is 0 Å². The second-order valence-electron chi connectivity index (χ2n) is 5.62. The maximum absolute atomic E-state index is 6.11. The van der Waals surface area contributed by atoms with E-state index in [0.29, 0.717) is 6.61 Å². The van der Waals surface area contributed by atoms with Crippen LogP contribution in [-0.4, -0.2) is 49.3 Å². The van der Waals surface area contributed by atoms with E-state index in [4.69, 9.17) is 10.5 Å². The average Bonchev–Trinajstić information content (AvgIpc) is 2.68. The van der Waals surface area contributed by atoms with Crippen molar-refractivity contribution in [1.29, 1.82) is 0 Å². The predicted molar refractivity (Wildman–Crippen MR) is 72.3 cm³/mol. The number of pyridine rings is 1. The largest absolute Gasteiger partial charge is 0.379 e. The van der Waals surface area contributed by atoms with Gasteiger partial charge in [-0.2, -0.15) is 0 Å². The van der Waals surface area contributed by atoms with E-state index in [1.165, 1.54) is 5.56 Å². The van der Waals surface area contributed by atoms with E-state index in [1.807, 2.05) is 12.4 Å². The van der Waals surface area contributed by atoms with Crippen molar-refractivity contribution in [2.45, 2.75) is 19.4 Å². The van der Waals surface area contributed by atoms with Gasteiger partial charge in [-0.15, -0.1) is 0 Å². The highest BCUT2D eigenvalue weighted by atomic mass is 16.5. The van der Waals surface area contributed by atoms with Crippen LogP contribution in [0.15, 0.2) is 24.5 Å². The summed E-state index contributed by atoms with van der Waals surface area (Å²) in [6, 6.07) is 4.29. The summed E-state index contributed by atoms with van der Waals surface area (Å²) in [6.45, 7) is 5.70. The molecule has 0 spiro atoms. The van der Waals surface area contributed by atoms with E-state index in [0.717, 1.165) is 26.1 Å². The van der Waals surface area contributed by atoms with Crippen LogP contribution in [0.1, 0.15) is 12.5 Å². The normalized spacial score (nSPS) is 27.9. The third-order valence-electron chi connectivity index (χ3n) is 3.79. The van der Waals surface area contributed by atoms with Crippen LogP contribution in [0.2, 0.25) is 0 Å². The number of nitrogens with two attached hydrogens (primary N) is 1. The Morgan fingerprint density at radius 3 is 2.83 bits per heavy atom. The highest BCUT2D eigenvalue weighted by molar-refractivity contribution is 5.09. The van der Waals surface area contributed by atoms with Gasteiger partial charge in [0.1, 0.15) is 0 Å². The third-order valence-corrected chi connectivity index (χ3v) is 3.79. The molecule has 1 fully saturated rings. The molecular formula is C14H23N3O. The number of likely N-dealkylation sites (N-methyl/N-ethyl adjacent to an activating group) is 1. The van der Waals surface area contributed by atoms with Crippen molar-refractivity contribution >= 4 is 0 Å². The van der Waals surface area contributed by atoms with Gasteiger partial charge < -0.3 is 15.4 Å². The lowest BCUT2D eigenvalue weighted by Gasteiger charge is -2.32. The lowest BCUT2D eigenvalue weighted by atomic mass is 9.85. The third kappa shape index (κ3) is 3.28. The van der Waals surface area contributed by atoms with Gasteiger partial charge in [0.15, 0.2) is 0 Å². The fraction of sp³-hybridized carbons (Fsp3) is 0.643. The molecule has 2 N–H and O–H groups in total. The summed E-state index contributed by atoms with van der Waals surface area (Å²) < 4.78 is 5.48. The van der Waals surface area contributed by atoms with Crippen molar-refractivity contribution in [2.75, 3.05) is 33.4 Å². The van der Waals surface area contributed by atoms with Crippen LogP contribution >= 0.6 is 0 Å². The first-order valence-electron chi connectivity index (χ1n) is 6.51. The minimum absolute atomic E-state index is 0.0903. The second-order valence-corrected chi connectivity index (χ2v) is 5.62. The monoisotopic (exact) mass is 249 g/mol. The van der Waals surface area contributed by atoms with E-state index in [1.54, 1.807) is 0 Å². The Kier molecular flexibility index (Phi) is 4.32. The quantitative estimate of drug-likeness (QED) is 0.843. The molecule has 2 atom stereocenters. The number of hydrogen-bond acceptors (Lipinski definition) is 4. The van der Waals surface area contributed by atoms with Crippen molar-refractivity contribution in [3.63, 3.8) is 0 Å². The summed E-state index contributed by atoms with van der Waals surface area (Å²) in [6.07, 6.45) is 4.74. The van der Waals surface area contributed by atoms with Crippen LogP contribution in [-0.2, 0) is 11.2 Å². The molecule has 0 saturated carbocycles. The highest BCUT2D eigenvalue weighted by Gasteiger charge is 2.38. The molecule has 18 heavy (non-hydrogen) atoms. The van der Waals surface area contributed by atoms with Gasteiger partial charge in [0.2, 0.25) is 0 Å². The molecule has 2 heterocycles. The molecule has 4 nitrogen and oxygen atoms in total. The van der Waals surface area contributed by atoms with E-state index in [2.05, 4.69) is 36.0 Å². The van der Waals surface area contributed by atoms with Gasteiger partial charge in [-0.1, -0.05) is 6.92 Å². The van der Waals surface area contributed by atoms with Crippen LogP contribution in [0.4, 0.5) is 0 Å². The Balaban J connectivity index is 1.80. The molecule has 1 aromatic heterocycles. The minimum Gasteiger partial charge on any atom is -0.379 e. The standard InChI is InChI=1S/C14H23N3O/c1-14(11-18-9-13(14)15)10-17(2)8-5-12-3-6-16-7-4-12/h3-4,6-7,13H,5,8-11,15H2,1-2H3. The molecule has 0 aromatic carbocycles. The molecule has 4 heteroatoms. The maximum atomic E-state index is 6.11. The van der Waals surface area contributed by atoms with E-state index < -0.39 is 0 Å². The summed E-state index contributed by atoms with van der Waals surface area (Å²) >= 11 is 0. The number of hydrogen-bond donors (Lipinski definition) is 1. The lowest BCUT2D eigenvalue weighted by Crippen LogP contribution is -2.46. The minimum atomic E-state index is 0.0903. The van der Waals surface area contributed by atoms with Gasteiger partial charge in [0.05, 0.1) is 13.2 Å². The summed E-state index contributed by atoms with van der Waals surface area (Å²) in [5.41, 5.74) is 7.53.